The third-order valence-electron chi connectivity index (χ3n) is 15.7. The second-order valence-electron chi connectivity index (χ2n) is 24.7. The number of rotatable bonds is 35. The van der Waals surface area contributed by atoms with Gasteiger partial charge in [0.25, 0.3) is 5.97 Å². The number of benzene rings is 3. The van der Waals surface area contributed by atoms with Crippen molar-refractivity contribution in [2.75, 3.05) is 229 Å². The van der Waals surface area contributed by atoms with Gasteiger partial charge in [-0.15, -0.1) is 30.6 Å². The molecule has 3 saturated heterocycles. The number of carboxylic acids is 1. The summed E-state index contributed by atoms with van der Waals surface area (Å²) in [5.41, 5.74) is 28.8. The number of aromatic nitrogens is 6. The molecule has 34 nitrogen and oxygen atoms in total. The highest BCUT2D eigenvalue weighted by atomic mass is 16.6. The summed E-state index contributed by atoms with van der Waals surface area (Å²) in [5, 5.41) is 68.1. The number of para-hydroxylation sites is 3. The van der Waals surface area contributed by atoms with Crippen molar-refractivity contribution >= 4 is 58.4 Å². The molecule has 0 atom stereocenters. The number of piperazine rings is 3. The van der Waals surface area contributed by atoms with Crippen molar-refractivity contribution in [3.8, 4) is 51.0 Å². The van der Waals surface area contributed by atoms with Gasteiger partial charge in [-0.25, -0.2) is 4.79 Å². The molecule has 0 saturated carbocycles. The SMILES string of the molecule is CC(=O)O.CC(C)(C)OC(=O)NCCOCCOCCOCCOCCC(=O)N1CCN(c2cc(-c3ccccc3O)nnc2N)CC1.NCCOCCOCCOCCOCCC(=O)N1CCN(c2cc(-c3ccccc3O)nnc2N)CC1.Nc1nnc(-c2ccccc2O)cc1N1CCNCC1. The van der Waals surface area contributed by atoms with Crippen molar-refractivity contribution in [2.45, 2.75) is 46.1 Å². The van der Waals surface area contributed by atoms with Crippen LogP contribution >= 0.6 is 0 Å². The summed E-state index contributed by atoms with van der Waals surface area (Å²) in [7, 11) is 0. The Balaban J connectivity index is 0.000000254. The molecule has 9 rings (SSSR count). The van der Waals surface area contributed by atoms with Crippen LogP contribution in [-0.4, -0.2) is 288 Å². The Kier molecular flexibility index (Phi) is 37.7. The molecule has 0 bridgehead atoms. The van der Waals surface area contributed by atoms with Crippen LogP contribution in [0.1, 0.15) is 40.5 Å². The molecule has 0 spiro atoms. The van der Waals surface area contributed by atoms with Gasteiger partial charge < -0.3 is 121 Å². The van der Waals surface area contributed by atoms with Crippen LogP contribution in [0.15, 0.2) is 91.0 Å². The van der Waals surface area contributed by atoms with Gasteiger partial charge >= 0.3 is 6.09 Å². The maximum absolute atomic E-state index is 12.7. The average Bonchev–Trinajstić information content (AvgIpc) is 0.817. The third kappa shape index (κ3) is 31.3. The molecule has 3 aromatic heterocycles. The largest absolute Gasteiger partial charge is 0.507 e. The number of nitrogens with one attached hydrogen (secondary N) is 2. The van der Waals surface area contributed by atoms with E-state index >= 15 is 0 Å². The van der Waals surface area contributed by atoms with Crippen molar-refractivity contribution in [3.05, 3.63) is 91.0 Å². The lowest BCUT2D eigenvalue weighted by Crippen LogP contribution is -2.49. The minimum absolute atomic E-state index is 0.0394. The number of carbonyl (C=O) groups excluding carboxylic acids is 3. The molecule has 3 aliphatic rings. The molecular formula is C71H105N17O17. The predicted octanol–water partition coefficient (Wildman–Crippen LogP) is 3.49. The van der Waals surface area contributed by atoms with Crippen LogP contribution in [0.4, 0.5) is 39.3 Å². The van der Waals surface area contributed by atoms with E-state index in [1.807, 2.05) is 73.0 Å². The van der Waals surface area contributed by atoms with E-state index in [0.29, 0.717) is 235 Å². The fourth-order valence-corrected chi connectivity index (χ4v) is 10.5. The molecule has 34 heteroatoms. The van der Waals surface area contributed by atoms with E-state index in [-0.39, 0.29) is 29.1 Å². The third-order valence-corrected chi connectivity index (χ3v) is 15.7. The summed E-state index contributed by atoms with van der Waals surface area (Å²) in [5.74, 6) is 0.755. The van der Waals surface area contributed by atoms with Gasteiger partial charge in [0.2, 0.25) is 11.8 Å². The number of carboxylic acid groups (broad SMARTS) is 1. The van der Waals surface area contributed by atoms with Gasteiger partial charge in [0.15, 0.2) is 17.5 Å². The number of hydrogen-bond donors (Lipinski definition) is 10. The average molecular weight is 1470 g/mol. The Morgan fingerprint density at radius 1 is 0.448 bits per heavy atom. The van der Waals surface area contributed by atoms with Gasteiger partial charge in [-0.3, -0.25) is 14.4 Å². The number of anilines is 6. The highest BCUT2D eigenvalue weighted by molar-refractivity contribution is 5.79. The molecule has 3 amide bonds. The number of hydrogen-bond acceptors (Lipinski definition) is 30. The van der Waals surface area contributed by atoms with Gasteiger partial charge in [-0.2, -0.15) is 0 Å². The molecule has 6 heterocycles. The standard InChI is InChI=1S/C30H46N6O8.C25H38N6O6.C14H17N5O.C2H4O2/c1-30(2,3)44-29(39)32-9-15-41-17-19-43-21-20-42-18-16-40-14-8-27(38)36-12-10-35(11-13-36)25-22-24(33-34-28(25)31)23-6-4-5-7-26(23)37;26-6-12-35-14-16-37-18-17-36-15-13-34-11-5-24(33)31-9-7-30(8-10-31)22-19-21(28-29-25(22)27)20-3-1-2-4-23(20)32;15-14-12(19-7-5-16-6-8-19)9-11(17-18-14)10-3-1-2-4-13(10)20;1-2(3)4/h4-7,22,37H,8-21H2,1-3H3,(H2,31,34)(H,32,39);1-4,19,32H,5-18,26H2,(H2,27,29);1-4,9,16,20H,5-8H2,(H2,15,18);1H3,(H,3,4). The zero-order valence-corrected chi connectivity index (χ0v) is 60.6. The maximum atomic E-state index is 12.7. The first-order valence-corrected chi connectivity index (χ1v) is 35.0. The van der Waals surface area contributed by atoms with Crippen LogP contribution in [0, 0.1) is 0 Å². The fourth-order valence-electron chi connectivity index (χ4n) is 10.5. The first-order valence-electron chi connectivity index (χ1n) is 35.0. The lowest BCUT2D eigenvalue weighted by Gasteiger charge is -2.36. The van der Waals surface area contributed by atoms with Crippen LogP contribution in [0.25, 0.3) is 33.8 Å². The summed E-state index contributed by atoms with van der Waals surface area (Å²) in [4.78, 5) is 55.7. The predicted molar refractivity (Wildman–Crippen MR) is 396 cm³/mol. The Morgan fingerprint density at radius 2 is 0.743 bits per heavy atom. The molecule has 105 heavy (non-hydrogen) atoms. The van der Waals surface area contributed by atoms with Crippen molar-refractivity contribution < 1.29 is 82.2 Å². The van der Waals surface area contributed by atoms with Gasteiger partial charge in [-0.05, 0) is 75.4 Å². The maximum Gasteiger partial charge on any atom is 0.407 e. The van der Waals surface area contributed by atoms with E-state index in [0.717, 1.165) is 50.2 Å². The molecule has 3 aliphatic heterocycles. The number of aliphatic carboxylic acids is 1. The summed E-state index contributed by atoms with van der Waals surface area (Å²) in [6.07, 6.45) is 0.155. The minimum atomic E-state index is -0.833. The zero-order valence-electron chi connectivity index (χ0n) is 60.6. The second-order valence-corrected chi connectivity index (χ2v) is 24.7. The number of phenolic OH excluding ortho intramolecular Hbond substituents is 3. The number of nitrogens with two attached hydrogens (primary N) is 4. The van der Waals surface area contributed by atoms with E-state index in [1.165, 1.54) is 0 Å². The number of nitrogens with zero attached hydrogens (tertiary/aromatic N) is 11. The van der Waals surface area contributed by atoms with E-state index < -0.39 is 17.7 Å². The first-order chi connectivity index (χ1) is 50.7. The normalized spacial score (nSPS) is 13.7. The van der Waals surface area contributed by atoms with Crippen molar-refractivity contribution in [2.24, 2.45) is 5.73 Å². The monoisotopic (exact) mass is 1470 g/mol. The molecular weight excluding hydrogens is 1360 g/mol. The van der Waals surface area contributed by atoms with Crippen molar-refractivity contribution in [3.63, 3.8) is 0 Å². The topological polar surface area (TPSA) is 454 Å². The van der Waals surface area contributed by atoms with Crippen LogP contribution in [0.3, 0.4) is 0 Å². The molecule has 3 fully saturated rings. The Labute approximate surface area is 612 Å². The van der Waals surface area contributed by atoms with E-state index in [4.69, 9.17) is 75.5 Å². The summed E-state index contributed by atoms with van der Waals surface area (Å²) in [6, 6.07) is 26.5. The molecule has 3 aromatic carbocycles. The van der Waals surface area contributed by atoms with Crippen LogP contribution < -0.4 is 48.3 Å². The van der Waals surface area contributed by atoms with Gasteiger partial charge in [-0.1, -0.05) is 36.4 Å². The minimum Gasteiger partial charge on any atom is -0.507 e. The van der Waals surface area contributed by atoms with E-state index in [1.54, 1.807) is 48.5 Å². The number of amides is 3. The number of carbonyl (C=O) groups is 4. The quantitative estimate of drug-likeness (QED) is 0.0255. The molecule has 0 radical (unpaired) electrons. The number of alkyl carbamates (subject to hydrolysis) is 1. The van der Waals surface area contributed by atoms with Gasteiger partial charge in [0.1, 0.15) is 22.8 Å². The van der Waals surface area contributed by atoms with Crippen molar-refractivity contribution in [1.82, 2.24) is 51.0 Å². The first kappa shape index (κ1) is 84.3. The Morgan fingerprint density at radius 3 is 1.06 bits per heavy atom. The molecule has 576 valence electrons. The van der Waals surface area contributed by atoms with E-state index in [2.05, 4.69) is 55.9 Å². The van der Waals surface area contributed by atoms with Crippen LogP contribution in [-0.2, 0) is 57.0 Å². The molecule has 0 aliphatic carbocycles. The van der Waals surface area contributed by atoms with E-state index in [9.17, 15) is 29.7 Å². The summed E-state index contributed by atoms with van der Waals surface area (Å²) >= 11 is 0. The molecule has 14 N–H and O–H groups in total. The Hall–Kier alpha value is -9.62. The molecule has 6 aromatic rings. The molecule has 0 unspecified atom stereocenters. The smallest absolute Gasteiger partial charge is 0.407 e. The van der Waals surface area contributed by atoms with Gasteiger partial charge in [0, 0.05) is 115 Å². The fraction of sp³-hybridized carbons (Fsp3) is 0.521. The zero-order chi connectivity index (χ0) is 75.6. The van der Waals surface area contributed by atoms with Crippen LogP contribution in [0.5, 0.6) is 17.2 Å². The number of nitrogen functional groups attached to an aromatic ring is 3. The lowest BCUT2D eigenvalue weighted by molar-refractivity contribution is -0.135. The van der Waals surface area contributed by atoms with Crippen LogP contribution in [0.2, 0.25) is 0 Å². The Bertz CT molecular complexity index is 3540. The van der Waals surface area contributed by atoms with Gasteiger partial charge in [0.05, 0.1) is 153 Å². The number of ether oxygens (including phenoxy) is 9. The summed E-state index contributed by atoms with van der Waals surface area (Å²) < 4.78 is 48.6. The summed E-state index contributed by atoms with van der Waals surface area (Å²) in [6.45, 7) is 22.7. The highest BCUT2D eigenvalue weighted by Gasteiger charge is 2.26. The lowest BCUT2D eigenvalue weighted by atomic mass is 10.1. The number of phenols is 3. The van der Waals surface area contributed by atoms with Crippen molar-refractivity contribution in [1.29, 1.82) is 0 Å². The highest BCUT2D eigenvalue weighted by Crippen LogP contribution is 2.35. The number of aromatic hydroxyl groups is 3. The second kappa shape index (κ2) is 47.0.